The second-order valence-electron chi connectivity index (χ2n) is 8.52. The van der Waals surface area contributed by atoms with Gasteiger partial charge in [0.1, 0.15) is 17.4 Å². The summed E-state index contributed by atoms with van der Waals surface area (Å²) >= 11 is 5.76. The molecule has 5 rings (SSSR count). The summed E-state index contributed by atoms with van der Waals surface area (Å²) in [5.74, 6) is -1.71. The normalized spacial score (nSPS) is 13.5. The summed E-state index contributed by atoms with van der Waals surface area (Å²) in [4.78, 5) is 27.1. The van der Waals surface area contributed by atoms with E-state index in [1.165, 1.54) is 6.07 Å². The largest absolute Gasteiger partial charge is 0.457 e. The maximum absolute atomic E-state index is 13.7. The van der Waals surface area contributed by atoms with Gasteiger partial charge in [-0.05, 0) is 30.3 Å². The lowest BCUT2D eigenvalue weighted by atomic mass is 9.88. The number of anilines is 1. The molecule has 1 N–H and O–H groups in total. The van der Waals surface area contributed by atoms with Crippen molar-refractivity contribution in [2.45, 2.75) is 18.2 Å². The first-order valence-electron chi connectivity index (χ1n) is 11.5. The number of benzene rings is 4. The number of fused-ring (bicyclic) bond motifs is 2. The first-order valence-corrected chi connectivity index (χ1v) is 11.9. The Morgan fingerprint density at radius 1 is 0.842 bits per heavy atom. The number of hydrogen-bond acceptors (Lipinski definition) is 4. The summed E-state index contributed by atoms with van der Waals surface area (Å²) in [7, 11) is 0. The Morgan fingerprint density at radius 3 is 2.03 bits per heavy atom. The van der Waals surface area contributed by atoms with Crippen LogP contribution in [-0.4, -0.2) is 11.9 Å². The summed E-state index contributed by atoms with van der Waals surface area (Å²) in [5.41, 5.74) is -0.259. The molecule has 1 aliphatic rings. The molecule has 1 amide bonds. The third-order valence-electron chi connectivity index (χ3n) is 6.03. The summed E-state index contributed by atoms with van der Waals surface area (Å²) in [6, 6.07) is 25.0. The van der Waals surface area contributed by atoms with E-state index < -0.39 is 41.3 Å². The molecule has 0 aromatic heterocycles. The van der Waals surface area contributed by atoms with Crippen molar-refractivity contribution >= 4 is 29.2 Å². The standard InChI is InChI=1S/C29H19ClF3NO4/c30-18-14-15-22(21(16-18)29(31,32)33)34-27(35)26(17-8-2-1-3-9-17)38-28(36)25-19-10-4-6-12-23(19)37-24-13-7-5-11-20(24)25/h1-16,25-26H,(H,34,35). The smallest absolute Gasteiger partial charge is 0.418 e. The maximum atomic E-state index is 13.7. The molecule has 5 nitrogen and oxygen atoms in total. The number of alkyl halides is 3. The van der Waals surface area contributed by atoms with Crippen molar-refractivity contribution in [3.05, 3.63) is 124 Å². The van der Waals surface area contributed by atoms with Crippen molar-refractivity contribution in [3.63, 3.8) is 0 Å². The van der Waals surface area contributed by atoms with E-state index in [2.05, 4.69) is 5.32 Å². The highest BCUT2D eigenvalue weighted by atomic mass is 35.5. The topological polar surface area (TPSA) is 64.6 Å². The van der Waals surface area contributed by atoms with Crippen LogP contribution in [0.4, 0.5) is 18.9 Å². The van der Waals surface area contributed by atoms with Gasteiger partial charge in [0.05, 0.1) is 11.3 Å². The Morgan fingerprint density at radius 2 is 1.42 bits per heavy atom. The van der Waals surface area contributed by atoms with Crippen molar-refractivity contribution in [1.82, 2.24) is 0 Å². The number of esters is 1. The van der Waals surface area contributed by atoms with Crippen LogP contribution in [0, 0.1) is 0 Å². The Hall–Kier alpha value is -4.30. The molecule has 0 aliphatic carbocycles. The van der Waals surface area contributed by atoms with E-state index in [4.69, 9.17) is 21.1 Å². The van der Waals surface area contributed by atoms with Gasteiger partial charge in [-0.2, -0.15) is 13.2 Å². The minimum Gasteiger partial charge on any atom is -0.457 e. The summed E-state index contributed by atoms with van der Waals surface area (Å²) < 4.78 is 52.6. The lowest BCUT2D eigenvalue weighted by Crippen LogP contribution is -2.30. The maximum Gasteiger partial charge on any atom is 0.418 e. The van der Waals surface area contributed by atoms with E-state index >= 15 is 0 Å². The zero-order valence-corrected chi connectivity index (χ0v) is 20.3. The van der Waals surface area contributed by atoms with Crippen LogP contribution in [0.25, 0.3) is 0 Å². The molecule has 0 saturated carbocycles. The highest BCUT2D eigenvalue weighted by Gasteiger charge is 2.38. The van der Waals surface area contributed by atoms with Gasteiger partial charge in [0.2, 0.25) is 6.10 Å². The lowest BCUT2D eigenvalue weighted by molar-refractivity contribution is -0.155. The fourth-order valence-corrected chi connectivity index (χ4v) is 4.48. The van der Waals surface area contributed by atoms with Crippen LogP contribution >= 0.6 is 11.6 Å². The second-order valence-corrected chi connectivity index (χ2v) is 8.95. The average molecular weight is 538 g/mol. The molecule has 0 fully saturated rings. The predicted octanol–water partition coefficient (Wildman–Crippen LogP) is 7.52. The predicted molar refractivity (Wildman–Crippen MR) is 135 cm³/mol. The van der Waals surface area contributed by atoms with Crippen molar-refractivity contribution < 1.29 is 32.2 Å². The van der Waals surface area contributed by atoms with Gasteiger partial charge in [0, 0.05) is 21.7 Å². The summed E-state index contributed by atoms with van der Waals surface area (Å²) in [6.07, 6.45) is -6.32. The Balaban J connectivity index is 1.50. The molecule has 0 bridgehead atoms. The molecule has 1 aliphatic heterocycles. The fourth-order valence-electron chi connectivity index (χ4n) is 4.31. The van der Waals surface area contributed by atoms with Crippen molar-refractivity contribution in [2.24, 2.45) is 0 Å². The van der Waals surface area contributed by atoms with Gasteiger partial charge in [-0.1, -0.05) is 78.3 Å². The number of carbonyl (C=O) groups is 2. The number of amides is 1. The van der Waals surface area contributed by atoms with Gasteiger partial charge < -0.3 is 14.8 Å². The molecule has 4 aromatic carbocycles. The van der Waals surface area contributed by atoms with E-state index in [-0.39, 0.29) is 10.6 Å². The molecular formula is C29H19ClF3NO4. The summed E-state index contributed by atoms with van der Waals surface area (Å²) in [6.45, 7) is 0. The van der Waals surface area contributed by atoms with Gasteiger partial charge in [0.25, 0.3) is 5.91 Å². The molecule has 1 unspecified atom stereocenters. The van der Waals surface area contributed by atoms with E-state index in [1.54, 1.807) is 78.9 Å². The molecule has 38 heavy (non-hydrogen) atoms. The zero-order valence-electron chi connectivity index (χ0n) is 19.5. The number of rotatable bonds is 5. The number of para-hydroxylation sites is 2. The number of carbonyl (C=O) groups excluding carboxylic acids is 2. The third-order valence-corrected chi connectivity index (χ3v) is 6.27. The molecule has 0 radical (unpaired) electrons. The van der Waals surface area contributed by atoms with Gasteiger partial charge in [-0.25, -0.2) is 0 Å². The number of halogens is 4. The third kappa shape index (κ3) is 5.08. The number of nitrogens with one attached hydrogen (secondary N) is 1. The quantitative estimate of drug-likeness (QED) is 0.267. The number of hydrogen-bond donors (Lipinski definition) is 1. The molecule has 0 spiro atoms. The van der Waals surface area contributed by atoms with Crippen molar-refractivity contribution in [1.29, 1.82) is 0 Å². The Bertz CT molecular complexity index is 1460. The monoisotopic (exact) mass is 537 g/mol. The zero-order chi connectivity index (χ0) is 26.9. The van der Waals surface area contributed by atoms with E-state index in [1.807, 2.05) is 0 Å². The fraction of sp³-hybridized carbons (Fsp3) is 0.103. The molecular weight excluding hydrogens is 519 g/mol. The second kappa shape index (κ2) is 10.2. The molecule has 1 atom stereocenters. The number of ether oxygens (including phenoxy) is 2. The van der Waals surface area contributed by atoms with Gasteiger partial charge >= 0.3 is 12.1 Å². The van der Waals surface area contributed by atoms with Crippen molar-refractivity contribution in [2.75, 3.05) is 5.32 Å². The van der Waals surface area contributed by atoms with Crippen LogP contribution in [0.15, 0.2) is 97.1 Å². The van der Waals surface area contributed by atoms with Crippen LogP contribution in [0.5, 0.6) is 11.5 Å². The van der Waals surface area contributed by atoms with E-state index in [0.717, 1.165) is 12.1 Å². The van der Waals surface area contributed by atoms with Gasteiger partial charge in [-0.3, -0.25) is 9.59 Å². The molecule has 0 saturated heterocycles. The van der Waals surface area contributed by atoms with Gasteiger partial charge in [-0.15, -0.1) is 0 Å². The van der Waals surface area contributed by atoms with Gasteiger partial charge in [0.15, 0.2) is 0 Å². The minimum absolute atomic E-state index is 0.141. The SMILES string of the molecule is O=C(Nc1ccc(Cl)cc1C(F)(F)F)C(OC(=O)C1c2ccccc2Oc2ccccc21)c1ccccc1. The molecule has 9 heteroatoms. The van der Waals surface area contributed by atoms with E-state index in [9.17, 15) is 22.8 Å². The summed E-state index contributed by atoms with van der Waals surface area (Å²) in [5, 5.41) is 2.13. The van der Waals surface area contributed by atoms with E-state index in [0.29, 0.717) is 22.6 Å². The van der Waals surface area contributed by atoms with Crippen LogP contribution in [-0.2, 0) is 20.5 Å². The van der Waals surface area contributed by atoms with Crippen LogP contribution < -0.4 is 10.1 Å². The highest BCUT2D eigenvalue weighted by Crippen LogP contribution is 2.45. The van der Waals surface area contributed by atoms with Crippen LogP contribution in [0.3, 0.4) is 0 Å². The van der Waals surface area contributed by atoms with Crippen LogP contribution in [0.2, 0.25) is 5.02 Å². The Kier molecular flexibility index (Phi) is 6.82. The Labute approximate surface area is 220 Å². The molecule has 4 aromatic rings. The minimum atomic E-state index is -4.78. The highest BCUT2D eigenvalue weighted by molar-refractivity contribution is 6.30. The molecule has 1 heterocycles. The average Bonchev–Trinajstić information content (AvgIpc) is 2.91. The molecule has 192 valence electrons. The van der Waals surface area contributed by atoms with Crippen molar-refractivity contribution in [3.8, 4) is 11.5 Å². The van der Waals surface area contributed by atoms with Crippen LogP contribution in [0.1, 0.15) is 34.3 Å². The first kappa shape index (κ1) is 25.4. The lowest BCUT2D eigenvalue weighted by Gasteiger charge is -2.28. The first-order chi connectivity index (χ1) is 18.2.